The molecule has 0 radical (unpaired) electrons. The molecule has 2 unspecified atom stereocenters. The van der Waals surface area contributed by atoms with E-state index in [2.05, 4.69) is 4.99 Å². The van der Waals surface area contributed by atoms with Crippen LogP contribution < -0.4 is 0 Å². The van der Waals surface area contributed by atoms with E-state index >= 15 is 0 Å². The molecule has 3 rings (SSSR count). The maximum atomic E-state index is 10.9. The lowest BCUT2D eigenvalue weighted by Crippen LogP contribution is -2.26. The van der Waals surface area contributed by atoms with Gasteiger partial charge in [0.05, 0.1) is 22.0 Å². The van der Waals surface area contributed by atoms with Crippen LogP contribution >= 0.6 is 0 Å². The number of nitro groups is 2. The summed E-state index contributed by atoms with van der Waals surface area (Å²) in [5, 5.41) is 21.8. The van der Waals surface area contributed by atoms with Gasteiger partial charge in [-0.15, -0.1) is 0 Å². The van der Waals surface area contributed by atoms with Gasteiger partial charge in [-0.05, 0) is 19.3 Å². The number of non-ortho nitro benzene ring substituents is 2. The quantitative estimate of drug-likeness (QED) is 0.628. The Hall–Kier alpha value is -2.51. The van der Waals surface area contributed by atoms with Crippen LogP contribution in [0, 0.1) is 20.2 Å². The first-order valence-electron chi connectivity index (χ1n) is 6.73. The standard InChI is InChI=1S/C13H13N3O5/c17-15(18)9-5-8(6-10(7-9)16(19)20)13-14-11-3-1-2-4-12(11)21-13/h5-7,11-12H,1-4H2. The summed E-state index contributed by atoms with van der Waals surface area (Å²) in [4.78, 5) is 24.9. The normalized spacial score (nSPS) is 23.9. The van der Waals surface area contributed by atoms with E-state index in [1.165, 1.54) is 12.1 Å². The molecule has 0 saturated heterocycles. The highest BCUT2D eigenvalue weighted by atomic mass is 16.6. The van der Waals surface area contributed by atoms with E-state index in [0.29, 0.717) is 5.56 Å². The van der Waals surface area contributed by atoms with Gasteiger partial charge in [-0.25, -0.2) is 4.99 Å². The Morgan fingerprint density at radius 1 is 1.05 bits per heavy atom. The smallest absolute Gasteiger partial charge is 0.277 e. The van der Waals surface area contributed by atoms with E-state index in [0.717, 1.165) is 31.7 Å². The number of nitrogens with zero attached hydrogens (tertiary/aromatic N) is 3. The zero-order chi connectivity index (χ0) is 15.0. The fourth-order valence-corrected chi connectivity index (χ4v) is 2.76. The second-order valence-corrected chi connectivity index (χ2v) is 5.19. The summed E-state index contributed by atoms with van der Waals surface area (Å²) < 4.78 is 5.73. The Morgan fingerprint density at radius 2 is 1.67 bits per heavy atom. The summed E-state index contributed by atoms with van der Waals surface area (Å²) in [7, 11) is 0. The second-order valence-electron chi connectivity index (χ2n) is 5.19. The van der Waals surface area contributed by atoms with Crippen LogP contribution in [0.3, 0.4) is 0 Å². The summed E-state index contributed by atoms with van der Waals surface area (Å²) in [5.74, 6) is 0.277. The summed E-state index contributed by atoms with van der Waals surface area (Å²) in [5.41, 5.74) is -0.369. The van der Waals surface area contributed by atoms with Crippen LogP contribution in [0.1, 0.15) is 31.2 Å². The number of hydrogen-bond donors (Lipinski definition) is 0. The summed E-state index contributed by atoms with van der Waals surface area (Å²) in [6, 6.07) is 3.53. The molecule has 0 N–H and O–H groups in total. The van der Waals surface area contributed by atoms with Gasteiger partial charge < -0.3 is 4.74 Å². The SMILES string of the molecule is O=[N+]([O-])c1cc(C2=NC3CCCCC3O2)cc([N+](=O)[O-])c1. The minimum Gasteiger partial charge on any atom is -0.472 e. The van der Waals surface area contributed by atoms with Crippen molar-refractivity contribution in [1.82, 2.24) is 0 Å². The molecule has 8 heteroatoms. The first-order chi connectivity index (χ1) is 10.0. The van der Waals surface area contributed by atoms with Crippen LogP contribution in [-0.2, 0) is 4.74 Å². The first-order valence-corrected chi connectivity index (χ1v) is 6.73. The summed E-state index contributed by atoms with van der Waals surface area (Å²) >= 11 is 0. The van der Waals surface area contributed by atoms with Gasteiger partial charge in [0.1, 0.15) is 6.10 Å². The van der Waals surface area contributed by atoms with Crippen LogP contribution in [0.25, 0.3) is 0 Å². The predicted molar refractivity (Wildman–Crippen MR) is 73.4 cm³/mol. The van der Waals surface area contributed by atoms with Gasteiger partial charge in [-0.2, -0.15) is 0 Å². The lowest BCUT2D eigenvalue weighted by Gasteiger charge is -2.21. The number of aliphatic imine (C=N–C) groups is 1. The highest BCUT2D eigenvalue weighted by molar-refractivity contribution is 5.96. The van der Waals surface area contributed by atoms with Crippen molar-refractivity contribution in [3.63, 3.8) is 0 Å². The molecule has 1 aliphatic carbocycles. The number of fused-ring (bicyclic) bond motifs is 1. The Balaban J connectivity index is 1.98. The van der Waals surface area contributed by atoms with Gasteiger partial charge in [0.25, 0.3) is 11.4 Å². The maximum Gasteiger partial charge on any atom is 0.277 e. The predicted octanol–water partition coefficient (Wildman–Crippen LogP) is 2.59. The van der Waals surface area contributed by atoms with Crippen molar-refractivity contribution >= 4 is 17.3 Å². The molecule has 1 aromatic carbocycles. The molecular formula is C13H13N3O5. The molecule has 0 spiro atoms. The van der Waals surface area contributed by atoms with Crippen molar-refractivity contribution in [3.8, 4) is 0 Å². The highest BCUT2D eigenvalue weighted by Crippen LogP contribution is 2.32. The van der Waals surface area contributed by atoms with Crippen molar-refractivity contribution in [2.75, 3.05) is 0 Å². The molecule has 2 atom stereocenters. The number of nitro benzene ring substituents is 2. The average molecular weight is 291 g/mol. The van der Waals surface area contributed by atoms with Crippen LogP contribution in [0.15, 0.2) is 23.2 Å². The molecule has 1 saturated carbocycles. The summed E-state index contributed by atoms with van der Waals surface area (Å²) in [6.45, 7) is 0. The third kappa shape index (κ3) is 2.56. The number of rotatable bonds is 3. The second kappa shape index (κ2) is 5.12. The van der Waals surface area contributed by atoms with Crippen molar-refractivity contribution in [2.24, 2.45) is 4.99 Å². The van der Waals surface area contributed by atoms with E-state index in [9.17, 15) is 20.2 Å². The topological polar surface area (TPSA) is 108 Å². The van der Waals surface area contributed by atoms with E-state index in [4.69, 9.17) is 4.74 Å². The van der Waals surface area contributed by atoms with E-state index in [1.54, 1.807) is 0 Å². The molecule has 0 amide bonds. The van der Waals surface area contributed by atoms with E-state index < -0.39 is 9.85 Å². The molecule has 8 nitrogen and oxygen atoms in total. The Morgan fingerprint density at radius 3 is 2.24 bits per heavy atom. The Kier molecular flexibility index (Phi) is 3.28. The number of ether oxygens (including phenoxy) is 1. The Bertz CT molecular complexity index is 610. The molecule has 2 aliphatic rings. The van der Waals surface area contributed by atoms with Crippen molar-refractivity contribution in [3.05, 3.63) is 44.0 Å². The highest BCUT2D eigenvalue weighted by Gasteiger charge is 2.34. The molecule has 1 aromatic rings. The van der Waals surface area contributed by atoms with Gasteiger partial charge in [-0.3, -0.25) is 20.2 Å². The van der Waals surface area contributed by atoms with E-state index in [-0.39, 0.29) is 29.4 Å². The van der Waals surface area contributed by atoms with Crippen molar-refractivity contribution in [1.29, 1.82) is 0 Å². The molecule has 1 aliphatic heterocycles. The van der Waals surface area contributed by atoms with Crippen LogP contribution in [0.5, 0.6) is 0 Å². The van der Waals surface area contributed by atoms with Crippen LogP contribution in [0.2, 0.25) is 0 Å². The number of hydrogen-bond acceptors (Lipinski definition) is 6. The van der Waals surface area contributed by atoms with Gasteiger partial charge in [-0.1, -0.05) is 6.42 Å². The average Bonchev–Trinajstić information content (AvgIpc) is 2.90. The van der Waals surface area contributed by atoms with Gasteiger partial charge >= 0.3 is 0 Å². The molecule has 0 aromatic heterocycles. The minimum absolute atomic E-state index is 0.00734. The van der Waals surface area contributed by atoms with Gasteiger partial charge in [0.15, 0.2) is 0 Å². The maximum absolute atomic E-state index is 10.9. The monoisotopic (exact) mass is 291 g/mol. The van der Waals surface area contributed by atoms with Gasteiger partial charge in [0.2, 0.25) is 5.90 Å². The molecular weight excluding hydrogens is 278 g/mol. The van der Waals surface area contributed by atoms with Crippen molar-refractivity contribution < 1.29 is 14.6 Å². The van der Waals surface area contributed by atoms with Crippen LogP contribution in [0.4, 0.5) is 11.4 Å². The third-order valence-corrected chi connectivity index (χ3v) is 3.78. The number of benzene rings is 1. The first kappa shape index (κ1) is 13.5. The molecule has 1 heterocycles. The Labute approximate surface area is 119 Å². The lowest BCUT2D eigenvalue weighted by molar-refractivity contribution is -0.394. The largest absolute Gasteiger partial charge is 0.472 e. The molecule has 0 bridgehead atoms. The van der Waals surface area contributed by atoms with Crippen LogP contribution in [-0.4, -0.2) is 27.9 Å². The summed E-state index contributed by atoms with van der Waals surface area (Å²) in [6.07, 6.45) is 3.96. The minimum atomic E-state index is -0.654. The van der Waals surface area contributed by atoms with Gasteiger partial charge in [0, 0.05) is 17.7 Å². The molecule has 1 fully saturated rings. The van der Waals surface area contributed by atoms with Crippen molar-refractivity contribution in [2.45, 2.75) is 37.8 Å². The fraction of sp³-hybridized carbons (Fsp3) is 0.462. The molecule has 21 heavy (non-hydrogen) atoms. The fourth-order valence-electron chi connectivity index (χ4n) is 2.76. The third-order valence-electron chi connectivity index (χ3n) is 3.78. The lowest BCUT2D eigenvalue weighted by atomic mass is 9.94. The van der Waals surface area contributed by atoms with E-state index in [1.807, 2.05) is 0 Å². The zero-order valence-corrected chi connectivity index (χ0v) is 11.1. The zero-order valence-electron chi connectivity index (χ0n) is 11.1. The molecule has 110 valence electrons.